The maximum Gasteiger partial charge on any atom is 0.307 e. The molecule has 1 heterocycles. The molecule has 1 unspecified atom stereocenters. The van der Waals surface area contributed by atoms with Crippen LogP contribution in [-0.2, 0) is 16.0 Å². The van der Waals surface area contributed by atoms with Crippen molar-refractivity contribution in [1.29, 1.82) is 0 Å². The Bertz CT molecular complexity index is 977. The Morgan fingerprint density at radius 1 is 1.27 bits per heavy atom. The molecule has 1 aromatic carbocycles. The largest absolute Gasteiger partial charge is 0.494 e. The maximum absolute atomic E-state index is 10.9. The van der Waals surface area contributed by atoms with Crippen LogP contribution in [0.1, 0.15) is 69.9 Å². The van der Waals surface area contributed by atoms with E-state index in [1.165, 1.54) is 38.5 Å². The van der Waals surface area contributed by atoms with Crippen molar-refractivity contribution in [2.45, 2.75) is 71.9 Å². The SMILES string of the molecule is C/C=C(\C)C(O)n1c(C)cc2c(CC(=O)O)cccc21.C=CC(=C)OCC1CCCCCC1. The average molecular weight is 454 g/mol. The lowest BCUT2D eigenvalue weighted by molar-refractivity contribution is -0.136. The molecule has 1 aromatic heterocycles. The Hall–Kier alpha value is -2.79. The van der Waals surface area contributed by atoms with E-state index in [0.717, 1.165) is 40.3 Å². The Balaban J connectivity index is 0.000000257. The summed E-state index contributed by atoms with van der Waals surface area (Å²) in [4.78, 5) is 10.9. The molecule has 180 valence electrons. The third-order valence-electron chi connectivity index (χ3n) is 6.32. The van der Waals surface area contributed by atoms with Gasteiger partial charge >= 0.3 is 5.97 Å². The molecule has 1 saturated carbocycles. The highest BCUT2D eigenvalue weighted by Gasteiger charge is 2.17. The zero-order chi connectivity index (χ0) is 24.4. The molecule has 1 fully saturated rings. The molecular formula is C28H39NO4. The van der Waals surface area contributed by atoms with Crippen LogP contribution < -0.4 is 0 Å². The summed E-state index contributed by atoms with van der Waals surface area (Å²) in [5.41, 5.74) is 3.39. The van der Waals surface area contributed by atoms with Crippen LogP contribution in [0.5, 0.6) is 0 Å². The standard InChI is InChI=1S/C16H19NO3.C12H20O/c1-4-10(2)16(20)17-11(3)8-13-12(9-15(18)19)6-5-7-14(13)17;1-3-11(2)13-10-12-8-6-4-5-7-9-12/h4-8,16,20H,9H2,1-3H3,(H,18,19);3,12H,1-2,4-10H2/b10-4+;. The first-order valence-corrected chi connectivity index (χ1v) is 11.8. The number of benzene rings is 1. The molecule has 3 rings (SSSR count). The van der Waals surface area contributed by atoms with Crippen LogP contribution in [0.2, 0.25) is 0 Å². The predicted octanol–water partition coefficient (Wildman–Crippen LogP) is 6.71. The summed E-state index contributed by atoms with van der Waals surface area (Å²) < 4.78 is 7.30. The van der Waals surface area contributed by atoms with E-state index < -0.39 is 12.2 Å². The first kappa shape index (κ1) is 26.5. The first-order valence-electron chi connectivity index (χ1n) is 11.8. The van der Waals surface area contributed by atoms with Gasteiger partial charge in [-0.1, -0.05) is 57.0 Å². The van der Waals surface area contributed by atoms with Crippen molar-refractivity contribution >= 4 is 16.9 Å². The number of aromatic nitrogens is 1. The minimum atomic E-state index is -0.854. The summed E-state index contributed by atoms with van der Waals surface area (Å²) in [6, 6.07) is 7.48. The van der Waals surface area contributed by atoms with Gasteiger partial charge in [0.05, 0.1) is 18.5 Å². The van der Waals surface area contributed by atoms with E-state index in [9.17, 15) is 9.90 Å². The second-order valence-electron chi connectivity index (χ2n) is 8.82. The molecular weight excluding hydrogens is 414 g/mol. The summed E-state index contributed by atoms with van der Waals surface area (Å²) in [7, 11) is 0. The van der Waals surface area contributed by atoms with Gasteiger partial charge in [-0.3, -0.25) is 4.79 Å². The van der Waals surface area contributed by atoms with Gasteiger partial charge in [0.2, 0.25) is 0 Å². The molecule has 5 heteroatoms. The Morgan fingerprint density at radius 3 is 2.52 bits per heavy atom. The topological polar surface area (TPSA) is 71.7 Å². The zero-order valence-corrected chi connectivity index (χ0v) is 20.3. The number of carboxylic acid groups (broad SMARTS) is 1. The summed E-state index contributed by atoms with van der Waals surface area (Å²) in [5.74, 6) is 0.608. The van der Waals surface area contributed by atoms with Crippen LogP contribution in [0.25, 0.3) is 10.9 Å². The molecule has 1 aliphatic carbocycles. The lowest BCUT2D eigenvalue weighted by Crippen LogP contribution is -2.10. The number of hydrogen-bond donors (Lipinski definition) is 2. The lowest BCUT2D eigenvalue weighted by Gasteiger charge is -2.17. The molecule has 0 aliphatic heterocycles. The highest BCUT2D eigenvalue weighted by Crippen LogP contribution is 2.29. The number of fused-ring (bicyclic) bond motifs is 1. The number of aliphatic hydroxyl groups is 1. The number of nitrogens with zero attached hydrogens (tertiary/aromatic N) is 1. The Morgan fingerprint density at radius 2 is 1.94 bits per heavy atom. The fourth-order valence-corrected chi connectivity index (χ4v) is 4.25. The minimum Gasteiger partial charge on any atom is -0.494 e. The maximum atomic E-state index is 10.9. The van der Waals surface area contributed by atoms with E-state index in [2.05, 4.69) is 13.2 Å². The first-order chi connectivity index (χ1) is 15.8. The van der Waals surface area contributed by atoms with Crippen LogP contribution in [0.4, 0.5) is 0 Å². The molecule has 0 spiro atoms. The number of allylic oxidation sites excluding steroid dienone is 2. The van der Waals surface area contributed by atoms with Crippen LogP contribution in [0.15, 0.2) is 60.9 Å². The van der Waals surface area contributed by atoms with Crippen molar-refractivity contribution in [2.24, 2.45) is 5.92 Å². The van der Waals surface area contributed by atoms with Gasteiger partial charge in [0.1, 0.15) is 5.76 Å². The number of aryl methyl sites for hydroxylation is 1. The average Bonchev–Trinajstić information content (AvgIpc) is 2.96. The molecule has 5 nitrogen and oxygen atoms in total. The molecule has 0 bridgehead atoms. The fraction of sp³-hybridized carbons (Fsp3) is 0.464. The highest BCUT2D eigenvalue weighted by molar-refractivity contribution is 5.88. The van der Waals surface area contributed by atoms with Gasteiger partial charge < -0.3 is 19.5 Å². The molecule has 33 heavy (non-hydrogen) atoms. The predicted molar refractivity (Wildman–Crippen MR) is 135 cm³/mol. The van der Waals surface area contributed by atoms with E-state index in [1.54, 1.807) is 6.08 Å². The summed E-state index contributed by atoms with van der Waals surface area (Å²) in [6.07, 6.45) is 11.0. The molecule has 2 aromatic rings. The van der Waals surface area contributed by atoms with Crippen molar-refractivity contribution in [3.8, 4) is 0 Å². The summed E-state index contributed by atoms with van der Waals surface area (Å²) in [5, 5.41) is 20.3. The van der Waals surface area contributed by atoms with Crippen molar-refractivity contribution in [2.75, 3.05) is 6.61 Å². The number of rotatable bonds is 8. The van der Waals surface area contributed by atoms with Crippen molar-refractivity contribution in [3.63, 3.8) is 0 Å². The lowest BCUT2D eigenvalue weighted by atomic mass is 10.0. The number of carbonyl (C=O) groups is 1. The molecule has 2 N–H and O–H groups in total. The van der Waals surface area contributed by atoms with E-state index >= 15 is 0 Å². The summed E-state index contributed by atoms with van der Waals surface area (Å²) in [6.45, 7) is 13.9. The van der Waals surface area contributed by atoms with Crippen LogP contribution >= 0.6 is 0 Å². The highest BCUT2D eigenvalue weighted by atomic mass is 16.5. The molecule has 1 atom stereocenters. The Labute approximate surface area is 198 Å². The second kappa shape index (κ2) is 13.0. The number of aliphatic carboxylic acids is 1. The third kappa shape index (κ3) is 7.64. The van der Waals surface area contributed by atoms with Gasteiger partial charge in [-0.05, 0) is 68.9 Å². The van der Waals surface area contributed by atoms with Crippen LogP contribution in [-0.4, -0.2) is 27.4 Å². The smallest absolute Gasteiger partial charge is 0.307 e. The van der Waals surface area contributed by atoms with Gasteiger partial charge in [0.25, 0.3) is 0 Å². The second-order valence-corrected chi connectivity index (χ2v) is 8.82. The van der Waals surface area contributed by atoms with Gasteiger partial charge in [-0.2, -0.15) is 0 Å². The summed E-state index contributed by atoms with van der Waals surface area (Å²) >= 11 is 0. The zero-order valence-electron chi connectivity index (χ0n) is 20.3. The van der Waals surface area contributed by atoms with E-state index in [4.69, 9.17) is 9.84 Å². The number of carboxylic acids is 1. The number of aliphatic hydroxyl groups excluding tert-OH is 1. The molecule has 0 saturated heterocycles. The molecule has 0 amide bonds. The quantitative estimate of drug-likeness (QED) is 0.202. The van der Waals surface area contributed by atoms with Gasteiger partial charge in [-0.15, -0.1) is 0 Å². The van der Waals surface area contributed by atoms with Gasteiger partial charge in [0.15, 0.2) is 6.23 Å². The number of ether oxygens (including phenoxy) is 1. The van der Waals surface area contributed by atoms with Gasteiger partial charge in [0, 0.05) is 11.1 Å². The van der Waals surface area contributed by atoms with Crippen LogP contribution in [0.3, 0.4) is 0 Å². The van der Waals surface area contributed by atoms with Crippen molar-refractivity contribution in [1.82, 2.24) is 4.57 Å². The monoisotopic (exact) mass is 453 g/mol. The fourth-order valence-electron chi connectivity index (χ4n) is 4.25. The number of hydrogen-bond acceptors (Lipinski definition) is 3. The molecule has 1 aliphatic rings. The minimum absolute atomic E-state index is 0.0144. The van der Waals surface area contributed by atoms with E-state index in [1.807, 2.05) is 55.7 Å². The van der Waals surface area contributed by atoms with E-state index in [0.29, 0.717) is 5.76 Å². The van der Waals surface area contributed by atoms with E-state index in [-0.39, 0.29) is 6.42 Å². The van der Waals surface area contributed by atoms with Crippen LogP contribution in [0, 0.1) is 12.8 Å². The van der Waals surface area contributed by atoms with Crippen molar-refractivity contribution in [3.05, 3.63) is 72.2 Å². The third-order valence-corrected chi connectivity index (χ3v) is 6.32. The van der Waals surface area contributed by atoms with Gasteiger partial charge in [-0.25, -0.2) is 0 Å². The van der Waals surface area contributed by atoms with Crippen molar-refractivity contribution < 1.29 is 19.7 Å². The molecule has 0 radical (unpaired) electrons. The Kier molecular flexibility index (Phi) is 10.5. The normalized spacial score (nSPS) is 15.8.